The Morgan fingerprint density at radius 1 is 1.18 bits per heavy atom. The van der Waals surface area contributed by atoms with Crippen molar-refractivity contribution in [2.24, 2.45) is 0 Å². The van der Waals surface area contributed by atoms with E-state index in [1.807, 2.05) is 35.2 Å². The Hall–Kier alpha value is -3.66. The Labute approximate surface area is 164 Å². The maximum Gasteiger partial charge on any atom is 0.267 e. The molecular weight excluding hydrogens is 356 g/mol. The van der Waals surface area contributed by atoms with E-state index >= 15 is 0 Å². The van der Waals surface area contributed by atoms with Gasteiger partial charge in [-0.2, -0.15) is 5.26 Å². The highest BCUT2D eigenvalue weighted by atomic mass is 16.5. The molecule has 1 fully saturated rings. The number of rotatable bonds is 5. The summed E-state index contributed by atoms with van der Waals surface area (Å²) >= 11 is 0. The average Bonchev–Trinajstić information content (AvgIpc) is 2.72. The zero-order valence-corrected chi connectivity index (χ0v) is 15.6. The van der Waals surface area contributed by atoms with Crippen molar-refractivity contribution in [3.63, 3.8) is 0 Å². The van der Waals surface area contributed by atoms with Crippen LogP contribution in [0.2, 0.25) is 0 Å². The van der Waals surface area contributed by atoms with Crippen molar-refractivity contribution in [2.75, 3.05) is 43.5 Å². The van der Waals surface area contributed by atoms with E-state index in [1.165, 1.54) is 12.1 Å². The first kappa shape index (κ1) is 19.1. The van der Waals surface area contributed by atoms with Crippen LogP contribution in [0.25, 0.3) is 0 Å². The number of amides is 1. The SMILES string of the molecule is COc1ccccc1N1CCN(/C=C(/C#N)C(=O)Nc2cccc(O)c2)CC1. The van der Waals surface area contributed by atoms with Crippen molar-refractivity contribution in [2.45, 2.75) is 0 Å². The number of piperazine rings is 1. The molecule has 0 bridgehead atoms. The minimum absolute atomic E-state index is 0.0223. The maximum absolute atomic E-state index is 12.4. The summed E-state index contributed by atoms with van der Waals surface area (Å²) in [5, 5.41) is 21.5. The van der Waals surface area contributed by atoms with E-state index in [2.05, 4.69) is 10.2 Å². The fourth-order valence-corrected chi connectivity index (χ4v) is 3.09. The van der Waals surface area contributed by atoms with Crippen molar-refractivity contribution in [1.82, 2.24) is 4.90 Å². The number of aromatic hydroxyl groups is 1. The van der Waals surface area contributed by atoms with Crippen molar-refractivity contribution in [3.05, 3.63) is 60.3 Å². The fraction of sp³-hybridized carbons (Fsp3) is 0.238. The van der Waals surface area contributed by atoms with Gasteiger partial charge in [0.1, 0.15) is 23.1 Å². The first-order valence-electron chi connectivity index (χ1n) is 8.95. The Balaban J connectivity index is 1.63. The molecule has 7 heteroatoms. The molecule has 7 nitrogen and oxygen atoms in total. The lowest BCUT2D eigenvalue weighted by Gasteiger charge is -2.36. The fourth-order valence-electron chi connectivity index (χ4n) is 3.09. The largest absolute Gasteiger partial charge is 0.508 e. The van der Waals surface area contributed by atoms with Crippen LogP contribution in [0.5, 0.6) is 11.5 Å². The Morgan fingerprint density at radius 3 is 2.61 bits per heavy atom. The first-order valence-corrected chi connectivity index (χ1v) is 8.95. The second-order valence-electron chi connectivity index (χ2n) is 6.35. The molecule has 1 amide bonds. The van der Waals surface area contributed by atoms with Gasteiger partial charge >= 0.3 is 0 Å². The molecule has 3 rings (SSSR count). The van der Waals surface area contributed by atoms with Crippen LogP contribution in [-0.2, 0) is 4.79 Å². The predicted molar refractivity (Wildman–Crippen MR) is 107 cm³/mol. The van der Waals surface area contributed by atoms with E-state index in [9.17, 15) is 15.2 Å². The number of anilines is 2. The first-order chi connectivity index (χ1) is 13.6. The van der Waals surface area contributed by atoms with Gasteiger partial charge in [-0.15, -0.1) is 0 Å². The van der Waals surface area contributed by atoms with Crippen LogP contribution in [0.15, 0.2) is 60.3 Å². The number of carbonyl (C=O) groups excluding carboxylic acids is 1. The van der Waals surface area contributed by atoms with Gasteiger partial charge in [0.2, 0.25) is 0 Å². The zero-order valence-electron chi connectivity index (χ0n) is 15.6. The average molecular weight is 378 g/mol. The smallest absolute Gasteiger partial charge is 0.267 e. The number of methoxy groups -OCH3 is 1. The van der Waals surface area contributed by atoms with E-state index in [1.54, 1.807) is 25.4 Å². The number of phenols is 1. The van der Waals surface area contributed by atoms with Crippen molar-refractivity contribution in [1.29, 1.82) is 5.26 Å². The highest BCUT2D eigenvalue weighted by molar-refractivity contribution is 6.06. The van der Waals surface area contributed by atoms with Gasteiger partial charge in [0.15, 0.2) is 0 Å². The van der Waals surface area contributed by atoms with Gasteiger partial charge in [0, 0.05) is 44.1 Å². The molecule has 2 aromatic carbocycles. The summed E-state index contributed by atoms with van der Waals surface area (Å²) in [5.74, 6) is 0.378. The quantitative estimate of drug-likeness (QED) is 0.614. The topological polar surface area (TPSA) is 88.8 Å². The van der Waals surface area contributed by atoms with Crippen molar-refractivity contribution < 1.29 is 14.6 Å². The van der Waals surface area contributed by atoms with Gasteiger partial charge in [0.25, 0.3) is 5.91 Å². The summed E-state index contributed by atoms with van der Waals surface area (Å²) < 4.78 is 5.42. The molecule has 0 aliphatic carbocycles. The molecule has 144 valence electrons. The molecule has 28 heavy (non-hydrogen) atoms. The van der Waals surface area contributed by atoms with Crippen LogP contribution in [0.3, 0.4) is 0 Å². The third-order valence-corrected chi connectivity index (χ3v) is 4.52. The monoisotopic (exact) mass is 378 g/mol. The Morgan fingerprint density at radius 2 is 1.93 bits per heavy atom. The summed E-state index contributed by atoms with van der Waals surface area (Å²) in [6.45, 7) is 2.87. The zero-order chi connectivity index (χ0) is 19.9. The van der Waals surface area contributed by atoms with E-state index in [-0.39, 0.29) is 11.3 Å². The standard InChI is InChI=1S/C21H22N4O3/c1-28-20-8-3-2-7-19(20)25-11-9-24(10-12-25)15-16(14-22)21(27)23-17-5-4-6-18(26)13-17/h2-8,13,15,26H,9-12H2,1H3,(H,23,27)/b16-15-. The van der Waals surface area contributed by atoms with Crippen LogP contribution in [0, 0.1) is 11.3 Å². The van der Waals surface area contributed by atoms with Crippen LogP contribution in [-0.4, -0.2) is 49.2 Å². The molecule has 0 radical (unpaired) electrons. The Bertz CT molecular complexity index is 912. The second kappa shape index (κ2) is 8.82. The molecule has 1 aliphatic rings. The molecule has 2 N–H and O–H groups in total. The lowest BCUT2D eigenvalue weighted by atomic mass is 10.2. The number of benzene rings is 2. The summed E-state index contributed by atoms with van der Waals surface area (Å²) in [6, 6.07) is 16.0. The van der Waals surface area contributed by atoms with Gasteiger partial charge in [-0.05, 0) is 24.3 Å². The highest BCUT2D eigenvalue weighted by Gasteiger charge is 2.19. The van der Waals surface area contributed by atoms with Gasteiger partial charge < -0.3 is 25.0 Å². The molecule has 0 saturated carbocycles. The minimum Gasteiger partial charge on any atom is -0.508 e. The molecule has 0 aromatic heterocycles. The molecular formula is C21H22N4O3. The highest BCUT2D eigenvalue weighted by Crippen LogP contribution is 2.28. The second-order valence-corrected chi connectivity index (χ2v) is 6.35. The number of hydrogen-bond donors (Lipinski definition) is 2. The molecule has 0 unspecified atom stereocenters. The molecule has 1 aliphatic heterocycles. The van der Waals surface area contributed by atoms with Crippen LogP contribution in [0.1, 0.15) is 0 Å². The third-order valence-electron chi connectivity index (χ3n) is 4.52. The Kier molecular flexibility index (Phi) is 6.02. The lowest BCUT2D eigenvalue weighted by Crippen LogP contribution is -2.44. The number of nitrogens with one attached hydrogen (secondary N) is 1. The van der Waals surface area contributed by atoms with Gasteiger partial charge in [-0.1, -0.05) is 18.2 Å². The third kappa shape index (κ3) is 4.54. The predicted octanol–water partition coefficient (Wildman–Crippen LogP) is 2.57. The number of nitriles is 1. The summed E-state index contributed by atoms with van der Waals surface area (Å²) in [7, 11) is 1.65. The van der Waals surface area contributed by atoms with Crippen molar-refractivity contribution >= 4 is 17.3 Å². The van der Waals surface area contributed by atoms with E-state index in [4.69, 9.17) is 4.74 Å². The van der Waals surface area contributed by atoms with Crippen LogP contribution in [0.4, 0.5) is 11.4 Å². The van der Waals surface area contributed by atoms with E-state index in [0.717, 1.165) is 24.5 Å². The molecule has 0 spiro atoms. The number of hydrogen-bond acceptors (Lipinski definition) is 6. The maximum atomic E-state index is 12.4. The molecule has 0 atom stereocenters. The number of carbonyl (C=O) groups is 1. The van der Waals surface area contributed by atoms with E-state index < -0.39 is 5.91 Å². The number of nitrogens with zero attached hydrogens (tertiary/aromatic N) is 3. The van der Waals surface area contributed by atoms with E-state index in [0.29, 0.717) is 18.8 Å². The van der Waals surface area contributed by atoms with Gasteiger partial charge in [-0.3, -0.25) is 4.79 Å². The van der Waals surface area contributed by atoms with Crippen molar-refractivity contribution in [3.8, 4) is 17.6 Å². The normalized spacial score (nSPS) is 14.4. The molecule has 1 heterocycles. The van der Waals surface area contributed by atoms with Crippen LogP contribution >= 0.6 is 0 Å². The number of ether oxygens (including phenoxy) is 1. The number of para-hydroxylation sites is 2. The summed E-state index contributed by atoms with van der Waals surface area (Å²) in [5.41, 5.74) is 1.50. The van der Waals surface area contributed by atoms with Gasteiger partial charge in [-0.25, -0.2) is 0 Å². The summed E-state index contributed by atoms with van der Waals surface area (Å²) in [6.07, 6.45) is 1.59. The van der Waals surface area contributed by atoms with Crippen LogP contribution < -0.4 is 15.0 Å². The lowest BCUT2D eigenvalue weighted by molar-refractivity contribution is -0.112. The summed E-state index contributed by atoms with van der Waals surface area (Å²) in [4.78, 5) is 16.5. The molecule has 2 aromatic rings. The minimum atomic E-state index is -0.500. The number of phenolic OH excluding ortho intramolecular Hbond substituents is 1. The van der Waals surface area contributed by atoms with Gasteiger partial charge in [0.05, 0.1) is 12.8 Å². The molecule has 1 saturated heterocycles.